The molecule has 1 aromatic carbocycles. The molecule has 0 aromatic heterocycles. The van der Waals surface area contributed by atoms with Crippen molar-refractivity contribution in [1.82, 2.24) is 10.2 Å². The molecule has 34 heavy (non-hydrogen) atoms. The first-order valence-electron chi connectivity index (χ1n) is 10.4. The Morgan fingerprint density at radius 1 is 1.32 bits per heavy atom. The van der Waals surface area contributed by atoms with Crippen molar-refractivity contribution in [3.63, 3.8) is 0 Å². The van der Waals surface area contributed by atoms with Gasteiger partial charge < -0.3 is 31.2 Å². The van der Waals surface area contributed by atoms with Gasteiger partial charge in [-0.3, -0.25) is 19.7 Å². The summed E-state index contributed by atoms with van der Waals surface area (Å²) in [6.45, 7) is 0.217. The number of methoxy groups -OCH3 is 1. The van der Waals surface area contributed by atoms with Crippen molar-refractivity contribution in [2.24, 2.45) is 17.4 Å². The summed E-state index contributed by atoms with van der Waals surface area (Å²) < 4.78 is 11.0. The second kappa shape index (κ2) is 7.82. The van der Waals surface area contributed by atoms with E-state index in [4.69, 9.17) is 20.9 Å². The number of ketones is 2. The third-order valence-corrected chi connectivity index (χ3v) is 7.80. The van der Waals surface area contributed by atoms with Gasteiger partial charge in [-0.1, -0.05) is 0 Å². The number of rotatable bonds is 7. The summed E-state index contributed by atoms with van der Waals surface area (Å²) in [6.07, 6.45) is -0.997. The predicted octanol–water partition coefficient (Wildman–Crippen LogP) is 0.0294. The number of benzene rings is 1. The Morgan fingerprint density at radius 3 is 2.65 bits per heavy atom. The maximum atomic E-state index is 13.6. The fraction of sp³-hybridized carbons (Fsp3) is 0.381. The van der Waals surface area contributed by atoms with Crippen LogP contribution in [0.5, 0.6) is 0 Å². The number of hydrogen-bond donors (Lipinski definition) is 3. The van der Waals surface area contributed by atoms with Crippen molar-refractivity contribution < 1.29 is 28.8 Å². The van der Waals surface area contributed by atoms with E-state index in [0.29, 0.717) is 11.4 Å². The normalized spacial score (nSPS) is 29.2. The zero-order valence-corrected chi connectivity index (χ0v) is 18.8. The number of piperazine rings is 1. The fourth-order valence-electron chi connectivity index (χ4n) is 5.20. The van der Waals surface area contributed by atoms with E-state index in [9.17, 15) is 24.5 Å². The number of nitro benzene ring substituents is 1. The molecule has 1 amide bonds. The number of primary amides is 1. The maximum absolute atomic E-state index is 13.6. The molecule has 0 bridgehead atoms. The van der Waals surface area contributed by atoms with Gasteiger partial charge in [0.25, 0.3) is 5.69 Å². The number of carbonyl (C=O) groups excluding carboxylic acids is 3. The summed E-state index contributed by atoms with van der Waals surface area (Å²) in [5.41, 5.74) is 10.6. The molecule has 3 heterocycles. The van der Waals surface area contributed by atoms with E-state index in [2.05, 4.69) is 5.32 Å². The van der Waals surface area contributed by atoms with Gasteiger partial charge in [-0.05, 0) is 12.1 Å². The van der Waals surface area contributed by atoms with Crippen LogP contribution >= 0.6 is 11.8 Å². The van der Waals surface area contributed by atoms with Gasteiger partial charge in [0.2, 0.25) is 11.6 Å². The molecule has 1 aromatic rings. The minimum atomic E-state index is -1.07. The number of amides is 1. The van der Waals surface area contributed by atoms with Crippen LogP contribution in [0.3, 0.4) is 0 Å². The molecule has 0 spiro atoms. The average molecular weight is 487 g/mol. The Labute approximate surface area is 197 Å². The summed E-state index contributed by atoms with van der Waals surface area (Å²) >= 11 is 1.24. The number of Topliss-reactive ketones (excluding diaryl/α,β-unsaturated/α-hetero) is 2. The second-order valence-corrected chi connectivity index (χ2v) is 9.40. The van der Waals surface area contributed by atoms with Crippen LogP contribution in [-0.4, -0.2) is 71.3 Å². The monoisotopic (exact) mass is 487 g/mol. The van der Waals surface area contributed by atoms with Crippen LogP contribution in [0, 0.1) is 16.0 Å². The van der Waals surface area contributed by atoms with E-state index in [0.717, 1.165) is 0 Å². The quantitative estimate of drug-likeness (QED) is 0.155. The number of nitrogens with zero attached hydrogens (tertiary/aromatic N) is 2. The zero-order chi connectivity index (χ0) is 24.4. The topological polar surface area (TPSA) is 190 Å². The van der Waals surface area contributed by atoms with Crippen molar-refractivity contribution in [3.8, 4) is 0 Å². The molecule has 2 saturated heterocycles. The second-order valence-electron chi connectivity index (χ2n) is 8.35. The third kappa shape index (κ3) is 3.11. The Morgan fingerprint density at radius 2 is 2.03 bits per heavy atom. The van der Waals surface area contributed by atoms with Crippen LogP contribution < -0.4 is 16.8 Å². The summed E-state index contributed by atoms with van der Waals surface area (Å²) in [6, 6.07) is 5.80. The molecule has 4 atom stereocenters. The average Bonchev–Trinajstić information content (AvgIpc) is 3.42. The molecule has 4 aliphatic rings. The summed E-state index contributed by atoms with van der Waals surface area (Å²) in [5, 5.41) is 14.1. The first-order chi connectivity index (χ1) is 16.2. The van der Waals surface area contributed by atoms with Gasteiger partial charge >= 0.3 is 6.09 Å². The standard InChI is InChI=1S/C21H21N5O7S/c1-32-21-12(7-33-20(23)29)14-16(25(21)6-13-19(21)24-13)17(27)11(15(22)18(14)28)8-34-10-4-2-9(3-5-10)26(30)31/h2-5,12-13,19,24H,6-8,22H2,1H3,(H2,23,29)/t12-,13+,19+,21-/m1/s1. The SMILES string of the molecule is CO[C@@]12[C@H](COC(N)=O)C3=C(C(=O)C(CSc4ccc([N+](=O)[O-])cc4)=C(N)C3=O)N1C[C@@H]1N[C@@H]12. The number of nitrogens with one attached hydrogen (secondary N) is 1. The lowest BCUT2D eigenvalue weighted by molar-refractivity contribution is -0.384. The van der Waals surface area contributed by atoms with Crippen molar-refractivity contribution in [2.45, 2.75) is 22.7 Å². The molecular formula is C21H21N5O7S. The van der Waals surface area contributed by atoms with Crippen LogP contribution in [0.4, 0.5) is 10.5 Å². The van der Waals surface area contributed by atoms with E-state index in [1.807, 2.05) is 0 Å². The van der Waals surface area contributed by atoms with Gasteiger partial charge in [-0.15, -0.1) is 11.8 Å². The maximum Gasteiger partial charge on any atom is 0.404 e. The minimum Gasteiger partial charge on any atom is -0.449 e. The molecule has 178 valence electrons. The minimum absolute atomic E-state index is 0.0471. The fourth-order valence-corrected chi connectivity index (χ4v) is 6.13. The number of fused-ring (bicyclic) bond motifs is 4. The zero-order valence-electron chi connectivity index (χ0n) is 18.0. The van der Waals surface area contributed by atoms with Crippen LogP contribution in [0.2, 0.25) is 0 Å². The van der Waals surface area contributed by atoms with E-state index in [1.54, 1.807) is 17.0 Å². The number of nitrogens with two attached hydrogens (primary N) is 2. The molecule has 5 N–H and O–H groups in total. The number of hydrogen-bond acceptors (Lipinski definition) is 11. The first-order valence-corrected chi connectivity index (χ1v) is 11.4. The van der Waals surface area contributed by atoms with Gasteiger partial charge in [-0.2, -0.15) is 0 Å². The molecule has 1 aliphatic carbocycles. The highest BCUT2D eigenvalue weighted by Crippen LogP contribution is 2.55. The van der Waals surface area contributed by atoms with E-state index in [1.165, 1.54) is 31.0 Å². The van der Waals surface area contributed by atoms with Gasteiger partial charge in [0.05, 0.1) is 28.3 Å². The Hall–Kier alpha value is -3.42. The molecule has 0 saturated carbocycles. The number of ether oxygens (including phenoxy) is 2. The smallest absolute Gasteiger partial charge is 0.404 e. The van der Waals surface area contributed by atoms with E-state index < -0.39 is 28.4 Å². The van der Waals surface area contributed by atoms with Crippen molar-refractivity contribution in [2.75, 3.05) is 26.0 Å². The first kappa shape index (κ1) is 22.4. The lowest BCUT2D eigenvalue weighted by Crippen LogP contribution is -2.55. The van der Waals surface area contributed by atoms with Crippen molar-refractivity contribution in [1.29, 1.82) is 0 Å². The lowest BCUT2D eigenvalue weighted by atomic mass is 9.82. The highest BCUT2D eigenvalue weighted by atomic mass is 32.2. The van der Waals surface area contributed by atoms with Crippen molar-refractivity contribution in [3.05, 3.63) is 56.9 Å². The van der Waals surface area contributed by atoms with Gasteiger partial charge in [0.1, 0.15) is 6.61 Å². The predicted molar refractivity (Wildman–Crippen MR) is 118 cm³/mol. The van der Waals surface area contributed by atoms with Gasteiger partial charge in [0, 0.05) is 53.6 Å². The van der Waals surface area contributed by atoms with E-state index in [-0.39, 0.29) is 58.5 Å². The van der Waals surface area contributed by atoms with Crippen molar-refractivity contribution >= 4 is 35.1 Å². The number of non-ortho nitro benzene ring substituents is 1. The molecule has 2 fully saturated rings. The Bertz CT molecular complexity index is 1200. The van der Waals surface area contributed by atoms with Crippen LogP contribution in [0.15, 0.2) is 51.7 Å². The van der Waals surface area contributed by atoms with Crippen LogP contribution in [0.1, 0.15) is 0 Å². The number of thioether (sulfide) groups is 1. The Balaban J connectivity index is 1.45. The molecule has 0 radical (unpaired) electrons. The number of allylic oxidation sites excluding steroid dienone is 2. The molecule has 3 aliphatic heterocycles. The molecular weight excluding hydrogens is 466 g/mol. The molecule has 5 rings (SSSR count). The Kier molecular flexibility index (Phi) is 5.15. The van der Waals surface area contributed by atoms with E-state index >= 15 is 0 Å². The van der Waals surface area contributed by atoms with Crippen LogP contribution in [-0.2, 0) is 19.1 Å². The largest absolute Gasteiger partial charge is 0.449 e. The molecule has 12 nitrogen and oxygen atoms in total. The van der Waals surface area contributed by atoms with Crippen LogP contribution in [0.25, 0.3) is 0 Å². The highest BCUT2D eigenvalue weighted by Gasteiger charge is 2.72. The van der Waals surface area contributed by atoms with Gasteiger partial charge in [0.15, 0.2) is 5.72 Å². The number of nitro groups is 1. The summed E-state index contributed by atoms with van der Waals surface area (Å²) in [7, 11) is 1.49. The summed E-state index contributed by atoms with van der Waals surface area (Å²) in [5.74, 6) is -1.53. The molecule has 0 unspecified atom stereocenters. The molecule has 13 heteroatoms. The summed E-state index contributed by atoms with van der Waals surface area (Å²) in [4.78, 5) is 51.2. The third-order valence-electron chi connectivity index (χ3n) is 6.76. The van der Waals surface area contributed by atoms with Gasteiger partial charge in [-0.25, -0.2) is 4.79 Å². The number of carbonyl (C=O) groups is 3. The highest BCUT2D eigenvalue weighted by molar-refractivity contribution is 7.99. The lowest BCUT2D eigenvalue weighted by Gasteiger charge is -2.39.